The number of rotatable bonds is 6. The van der Waals surface area contributed by atoms with Crippen LogP contribution in [0.25, 0.3) is 0 Å². The highest BCUT2D eigenvalue weighted by molar-refractivity contribution is 7.95. The van der Waals surface area contributed by atoms with E-state index in [9.17, 15) is 9.90 Å². The zero-order valence-corrected chi connectivity index (χ0v) is 18.2. The summed E-state index contributed by atoms with van der Waals surface area (Å²) in [6.07, 6.45) is 0.637. The molecule has 0 saturated carbocycles. The predicted octanol–water partition coefficient (Wildman–Crippen LogP) is 4.67. The van der Waals surface area contributed by atoms with Crippen molar-refractivity contribution in [1.29, 1.82) is 0 Å². The summed E-state index contributed by atoms with van der Waals surface area (Å²) >= 11 is 0. The average molecular weight is 427 g/mol. The maximum Gasteiger partial charge on any atom is 0.337 e. The van der Waals surface area contributed by atoms with Gasteiger partial charge in [0.2, 0.25) is 0 Å². The van der Waals surface area contributed by atoms with Crippen molar-refractivity contribution in [3.8, 4) is 5.75 Å². The normalized spacial score (nSPS) is 11.1. The number of phenolic OH excluding ortho intramolecular Hbond substituents is 1. The standard InChI is InChI=1S/C27H23O3P/c1-30-27(29)21-17-18-22(26(28)19-21)20-31(23-11-5-2-6-12-23,24-13-7-3-8-14-24)25-15-9-4-10-16-25/h2-19H,20H2,1H3/p+1. The zero-order chi connectivity index (χ0) is 21.7. The molecule has 4 aromatic carbocycles. The second kappa shape index (κ2) is 9.16. The largest absolute Gasteiger partial charge is 0.507 e. The van der Waals surface area contributed by atoms with Crippen LogP contribution in [0.5, 0.6) is 5.75 Å². The molecule has 0 radical (unpaired) electrons. The van der Waals surface area contributed by atoms with Gasteiger partial charge in [-0.3, -0.25) is 0 Å². The Hall–Kier alpha value is -3.42. The second-order valence-electron chi connectivity index (χ2n) is 7.31. The summed E-state index contributed by atoms with van der Waals surface area (Å²) in [7, 11) is -0.787. The fraction of sp³-hybridized carbons (Fsp3) is 0.0741. The highest BCUT2D eigenvalue weighted by Gasteiger charge is 2.45. The topological polar surface area (TPSA) is 46.5 Å². The minimum Gasteiger partial charge on any atom is -0.507 e. The first kappa shape index (κ1) is 20.8. The van der Waals surface area contributed by atoms with Crippen molar-refractivity contribution in [3.63, 3.8) is 0 Å². The van der Waals surface area contributed by atoms with Crippen LogP contribution in [-0.4, -0.2) is 18.2 Å². The molecule has 4 rings (SSSR count). The third kappa shape index (κ3) is 4.10. The monoisotopic (exact) mass is 427 g/mol. The number of methoxy groups -OCH3 is 1. The number of hydrogen-bond acceptors (Lipinski definition) is 3. The molecule has 0 amide bonds. The molecular formula is C27H24O3P+. The summed E-state index contributed by atoms with van der Waals surface area (Å²) in [6.45, 7) is 0. The predicted molar refractivity (Wildman–Crippen MR) is 128 cm³/mol. The second-order valence-corrected chi connectivity index (χ2v) is 10.8. The Labute approximate surface area is 183 Å². The summed E-state index contributed by atoms with van der Waals surface area (Å²) in [5.74, 6) is -0.354. The van der Waals surface area contributed by atoms with Crippen molar-refractivity contribution in [2.24, 2.45) is 0 Å². The third-order valence-electron chi connectivity index (χ3n) is 5.50. The molecule has 4 heteroatoms. The summed E-state index contributed by atoms with van der Waals surface area (Å²) in [4.78, 5) is 11.9. The Morgan fingerprint density at radius 1 is 0.742 bits per heavy atom. The lowest BCUT2D eigenvalue weighted by Gasteiger charge is -2.28. The van der Waals surface area contributed by atoms with Gasteiger partial charge in [0.05, 0.1) is 12.7 Å². The van der Waals surface area contributed by atoms with Crippen molar-refractivity contribution >= 4 is 29.1 Å². The number of aromatic hydroxyl groups is 1. The van der Waals surface area contributed by atoms with E-state index < -0.39 is 13.2 Å². The fourth-order valence-electron chi connectivity index (χ4n) is 3.97. The van der Waals surface area contributed by atoms with Crippen LogP contribution >= 0.6 is 7.26 Å². The van der Waals surface area contributed by atoms with Gasteiger partial charge in [-0.1, -0.05) is 60.7 Å². The van der Waals surface area contributed by atoms with Gasteiger partial charge in [-0.05, 0) is 48.5 Å². The van der Waals surface area contributed by atoms with E-state index in [1.54, 1.807) is 6.07 Å². The van der Waals surface area contributed by atoms with Crippen LogP contribution in [0.3, 0.4) is 0 Å². The third-order valence-corrected chi connectivity index (χ3v) is 9.86. The Balaban J connectivity index is 1.94. The smallest absolute Gasteiger partial charge is 0.337 e. The first-order chi connectivity index (χ1) is 15.1. The van der Waals surface area contributed by atoms with E-state index in [0.29, 0.717) is 11.7 Å². The van der Waals surface area contributed by atoms with Crippen LogP contribution in [0.1, 0.15) is 15.9 Å². The van der Waals surface area contributed by atoms with Crippen molar-refractivity contribution in [3.05, 3.63) is 120 Å². The first-order valence-corrected chi connectivity index (χ1v) is 12.1. The highest BCUT2D eigenvalue weighted by atomic mass is 31.2. The van der Waals surface area contributed by atoms with E-state index in [0.717, 1.165) is 5.56 Å². The van der Waals surface area contributed by atoms with Crippen molar-refractivity contribution in [2.75, 3.05) is 7.11 Å². The Morgan fingerprint density at radius 3 is 1.58 bits per heavy atom. The molecule has 0 aromatic heterocycles. The van der Waals surface area contributed by atoms with Gasteiger partial charge in [-0.2, -0.15) is 0 Å². The van der Waals surface area contributed by atoms with Gasteiger partial charge in [0, 0.05) is 5.56 Å². The van der Waals surface area contributed by atoms with Gasteiger partial charge in [0.25, 0.3) is 0 Å². The minimum atomic E-state index is -2.12. The maximum atomic E-state index is 11.9. The number of hydrogen-bond donors (Lipinski definition) is 1. The van der Waals surface area contributed by atoms with Gasteiger partial charge in [-0.15, -0.1) is 0 Å². The number of benzene rings is 4. The lowest BCUT2D eigenvalue weighted by Crippen LogP contribution is -2.32. The molecule has 0 bridgehead atoms. The minimum absolute atomic E-state index is 0.107. The van der Waals surface area contributed by atoms with E-state index in [1.165, 1.54) is 29.1 Å². The van der Waals surface area contributed by atoms with Gasteiger partial charge >= 0.3 is 5.97 Å². The molecule has 0 aliphatic carbocycles. The lowest BCUT2D eigenvalue weighted by atomic mass is 10.1. The van der Waals surface area contributed by atoms with E-state index in [-0.39, 0.29) is 5.75 Å². The maximum absolute atomic E-state index is 11.9. The van der Waals surface area contributed by atoms with Crippen LogP contribution in [-0.2, 0) is 10.9 Å². The Morgan fingerprint density at radius 2 is 1.19 bits per heavy atom. The van der Waals surface area contributed by atoms with Crippen LogP contribution in [0.15, 0.2) is 109 Å². The van der Waals surface area contributed by atoms with Crippen LogP contribution < -0.4 is 15.9 Å². The van der Waals surface area contributed by atoms with Gasteiger partial charge in [0.1, 0.15) is 35.1 Å². The molecule has 4 aromatic rings. The van der Waals surface area contributed by atoms with Crippen LogP contribution in [0.2, 0.25) is 0 Å². The average Bonchev–Trinajstić information content (AvgIpc) is 2.84. The Kier molecular flexibility index (Phi) is 6.16. The lowest BCUT2D eigenvalue weighted by molar-refractivity contribution is 0.0600. The number of carbonyl (C=O) groups is 1. The van der Waals surface area contributed by atoms with E-state index >= 15 is 0 Å². The molecular weight excluding hydrogens is 403 g/mol. The molecule has 0 aliphatic heterocycles. The van der Waals surface area contributed by atoms with Gasteiger partial charge in [-0.25, -0.2) is 4.79 Å². The molecule has 0 heterocycles. The summed E-state index contributed by atoms with van der Waals surface area (Å²) in [5, 5.41) is 14.6. The molecule has 31 heavy (non-hydrogen) atoms. The van der Waals surface area contributed by atoms with Crippen molar-refractivity contribution in [1.82, 2.24) is 0 Å². The molecule has 0 atom stereocenters. The molecule has 3 nitrogen and oxygen atoms in total. The van der Waals surface area contributed by atoms with Crippen LogP contribution in [0, 0.1) is 0 Å². The summed E-state index contributed by atoms with van der Waals surface area (Å²) in [5.41, 5.74) is 1.14. The van der Waals surface area contributed by atoms with Crippen molar-refractivity contribution in [2.45, 2.75) is 6.16 Å². The molecule has 0 unspecified atom stereocenters. The fourth-order valence-corrected chi connectivity index (χ4v) is 8.23. The SMILES string of the molecule is COC(=O)c1ccc(C[P+](c2ccccc2)(c2ccccc2)c2ccccc2)c(O)c1. The molecule has 0 fully saturated rings. The molecule has 0 spiro atoms. The quantitative estimate of drug-likeness (QED) is 0.359. The number of carbonyl (C=O) groups excluding carboxylic acids is 1. The zero-order valence-electron chi connectivity index (χ0n) is 17.3. The van der Waals surface area contributed by atoms with Crippen LogP contribution in [0.4, 0.5) is 0 Å². The summed E-state index contributed by atoms with van der Waals surface area (Å²) in [6, 6.07) is 36.6. The van der Waals surface area contributed by atoms with Gasteiger partial charge < -0.3 is 9.84 Å². The first-order valence-electron chi connectivity index (χ1n) is 10.1. The highest BCUT2D eigenvalue weighted by Crippen LogP contribution is 2.58. The molecule has 0 aliphatic rings. The molecule has 0 saturated heterocycles. The van der Waals surface area contributed by atoms with E-state index in [1.807, 2.05) is 24.3 Å². The van der Waals surface area contributed by atoms with Gasteiger partial charge in [0.15, 0.2) is 0 Å². The molecule has 154 valence electrons. The van der Waals surface area contributed by atoms with E-state index in [2.05, 4.69) is 72.8 Å². The number of ether oxygens (including phenoxy) is 1. The van der Waals surface area contributed by atoms with E-state index in [4.69, 9.17) is 4.74 Å². The Bertz CT molecular complexity index is 1060. The number of esters is 1. The summed E-state index contributed by atoms with van der Waals surface area (Å²) < 4.78 is 4.80. The molecule has 1 N–H and O–H groups in total. The number of phenols is 1. The van der Waals surface area contributed by atoms with Crippen molar-refractivity contribution < 1.29 is 14.6 Å².